The number of nitrogens with zero attached hydrogens (tertiary/aromatic N) is 2. The zero-order valence-corrected chi connectivity index (χ0v) is 22.1. The van der Waals surface area contributed by atoms with Crippen LogP contribution in [0, 0.1) is 0 Å². The first kappa shape index (κ1) is 26.9. The van der Waals surface area contributed by atoms with Crippen LogP contribution >= 0.6 is 0 Å². The Hall–Kier alpha value is -2.31. The largest absolute Gasteiger partial charge is 1.00 e. The second kappa shape index (κ2) is 11.7. The number of rotatable bonds is 10. The van der Waals surface area contributed by atoms with Crippen LogP contribution in [0.4, 0.5) is 5.69 Å². The highest BCUT2D eigenvalue weighted by Crippen LogP contribution is 2.32. The molecule has 0 bridgehead atoms. The van der Waals surface area contributed by atoms with Gasteiger partial charge in [0, 0.05) is 29.9 Å². The Labute approximate surface area is 208 Å². The number of aromatic hydroxyl groups is 1. The number of quaternary nitrogens is 1. The first-order valence-corrected chi connectivity index (χ1v) is 11.7. The highest BCUT2D eigenvalue weighted by Gasteiger charge is 2.17. The van der Waals surface area contributed by atoms with Gasteiger partial charge >= 0.3 is 0 Å². The molecule has 1 aromatic heterocycles. The molecule has 1 N–H and O–H groups in total. The van der Waals surface area contributed by atoms with Crippen LogP contribution in [0.1, 0.15) is 45.1 Å². The Balaban J connectivity index is 0.00000385. The molecule has 0 saturated heterocycles. The lowest BCUT2D eigenvalue weighted by Gasteiger charge is -2.25. The summed E-state index contributed by atoms with van der Waals surface area (Å²) in [6, 6.07) is 13.6. The highest BCUT2D eigenvalue weighted by atomic mass is 79.9. The van der Waals surface area contributed by atoms with Crippen LogP contribution in [-0.4, -0.2) is 43.8 Å². The zero-order valence-electron chi connectivity index (χ0n) is 20.5. The van der Waals surface area contributed by atoms with Crippen LogP contribution in [0.3, 0.4) is 0 Å². The highest BCUT2D eigenvalue weighted by molar-refractivity contribution is 5.82. The molecule has 0 amide bonds. The standard InChI is InChI=1S/C27H36N2O3.BrH/c1-6-8-16-28(17-9-7-2)22-13-11-21(12-14-22)27-26(31)25(30)23-18-20(19-29(3,4)5)10-15-24(23)32-27;/h10-15,18H,6-9,16-17,19H2,1-5H3;1H. The number of halogens is 1. The minimum atomic E-state index is -0.388. The lowest BCUT2D eigenvalue weighted by atomic mass is 10.1. The molecule has 0 aliphatic heterocycles. The van der Waals surface area contributed by atoms with Crippen LogP contribution in [0.25, 0.3) is 22.3 Å². The number of unbranched alkanes of at least 4 members (excludes halogenated alkanes) is 2. The summed E-state index contributed by atoms with van der Waals surface area (Å²) in [4.78, 5) is 15.3. The van der Waals surface area contributed by atoms with E-state index in [0.717, 1.165) is 61.1 Å². The Morgan fingerprint density at radius 3 is 2.09 bits per heavy atom. The van der Waals surface area contributed by atoms with E-state index in [1.165, 1.54) is 0 Å². The molecule has 0 unspecified atom stereocenters. The molecule has 0 aliphatic carbocycles. The summed E-state index contributed by atoms with van der Waals surface area (Å²) in [5.41, 5.74) is 2.99. The van der Waals surface area contributed by atoms with Crippen molar-refractivity contribution in [3.05, 3.63) is 58.3 Å². The van der Waals surface area contributed by atoms with Crippen molar-refractivity contribution in [2.75, 3.05) is 39.1 Å². The molecule has 33 heavy (non-hydrogen) atoms. The van der Waals surface area contributed by atoms with Gasteiger partial charge in [0.2, 0.25) is 11.2 Å². The summed E-state index contributed by atoms with van der Waals surface area (Å²) in [5.74, 6) is -0.108. The third-order valence-corrected chi connectivity index (χ3v) is 5.65. The van der Waals surface area contributed by atoms with E-state index in [0.29, 0.717) is 16.5 Å². The third kappa shape index (κ3) is 6.84. The number of anilines is 1. The van der Waals surface area contributed by atoms with Crippen molar-refractivity contribution in [1.82, 2.24) is 0 Å². The quantitative estimate of drug-likeness (QED) is 0.421. The van der Waals surface area contributed by atoms with Crippen LogP contribution < -0.4 is 27.3 Å². The Bertz CT molecular complexity index is 1090. The van der Waals surface area contributed by atoms with Gasteiger partial charge in [-0.3, -0.25) is 4.79 Å². The molecule has 0 radical (unpaired) electrons. The molecule has 0 aliphatic rings. The van der Waals surface area contributed by atoms with Gasteiger partial charge in [-0.05, 0) is 55.3 Å². The van der Waals surface area contributed by atoms with Gasteiger partial charge in [0.1, 0.15) is 12.1 Å². The fourth-order valence-corrected chi connectivity index (χ4v) is 3.97. The molecule has 0 spiro atoms. The van der Waals surface area contributed by atoms with Crippen molar-refractivity contribution in [3.63, 3.8) is 0 Å². The molecule has 3 rings (SSSR count). The molecule has 0 atom stereocenters. The second-order valence-electron chi connectivity index (χ2n) is 9.63. The summed E-state index contributed by atoms with van der Waals surface area (Å²) in [7, 11) is 6.30. The smallest absolute Gasteiger partial charge is 0.235 e. The fraction of sp³-hybridized carbons (Fsp3) is 0.444. The maximum absolute atomic E-state index is 12.9. The SMILES string of the molecule is CCCCN(CCCC)c1ccc(-c2oc3ccc(C[N+](C)(C)C)cc3c(=O)c2O)cc1.[Br-]. The van der Waals surface area contributed by atoms with Crippen molar-refractivity contribution in [1.29, 1.82) is 0 Å². The van der Waals surface area contributed by atoms with Gasteiger partial charge in [0.15, 0.2) is 5.76 Å². The van der Waals surface area contributed by atoms with Gasteiger partial charge in [0.05, 0.1) is 26.5 Å². The van der Waals surface area contributed by atoms with E-state index in [-0.39, 0.29) is 33.9 Å². The van der Waals surface area contributed by atoms with Crippen LogP contribution in [0.5, 0.6) is 5.75 Å². The van der Waals surface area contributed by atoms with Gasteiger partial charge < -0.3 is 35.9 Å². The van der Waals surface area contributed by atoms with Crippen LogP contribution in [-0.2, 0) is 6.54 Å². The molecule has 2 aromatic carbocycles. The molecule has 1 heterocycles. The molecule has 180 valence electrons. The van der Waals surface area contributed by atoms with Crippen LogP contribution in [0.2, 0.25) is 0 Å². The van der Waals surface area contributed by atoms with Gasteiger partial charge in [-0.15, -0.1) is 0 Å². The summed E-state index contributed by atoms with van der Waals surface area (Å²) < 4.78 is 6.76. The Morgan fingerprint density at radius 1 is 0.939 bits per heavy atom. The normalized spacial score (nSPS) is 11.4. The van der Waals surface area contributed by atoms with Gasteiger partial charge in [-0.1, -0.05) is 26.7 Å². The van der Waals surface area contributed by atoms with E-state index in [4.69, 9.17) is 4.42 Å². The first-order chi connectivity index (χ1) is 15.2. The van der Waals surface area contributed by atoms with Crippen molar-refractivity contribution in [2.45, 2.75) is 46.1 Å². The first-order valence-electron chi connectivity index (χ1n) is 11.7. The topological polar surface area (TPSA) is 53.7 Å². The average molecular weight is 518 g/mol. The van der Waals surface area contributed by atoms with E-state index in [1.807, 2.05) is 30.3 Å². The molecule has 0 fully saturated rings. The lowest BCUT2D eigenvalue weighted by molar-refractivity contribution is -0.883. The summed E-state index contributed by atoms with van der Waals surface area (Å²) in [6.07, 6.45) is 4.63. The molecule has 6 heteroatoms. The third-order valence-electron chi connectivity index (χ3n) is 5.65. The zero-order chi connectivity index (χ0) is 23.3. The van der Waals surface area contributed by atoms with Crippen molar-refractivity contribution in [3.8, 4) is 17.1 Å². The van der Waals surface area contributed by atoms with E-state index >= 15 is 0 Å². The Morgan fingerprint density at radius 2 is 1.55 bits per heavy atom. The summed E-state index contributed by atoms with van der Waals surface area (Å²) in [5, 5.41) is 11.1. The van der Waals surface area contributed by atoms with Crippen LogP contribution in [0.15, 0.2) is 51.7 Å². The second-order valence-corrected chi connectivity index (χ2v) is 9.63. The van der Waals surface area contributed by atoms with Crippen molar-refractivity contribution in [2.24, 2.45) is 0 Å². The minimum absolute atomic E-state index is 0. The maximum atomic E-state index is 12.9. The molecular weight excluding hydrogens is 480 g/mol. The number of fused-ring (bicyclic) bond motifs is 1. The maximum Gasteiger partial charge on any atom is 0.235 e. The molecule has 5 nitrogen and oxygen atoms in total. The van der Waals surface area contributed by atoms with Gasteiger partial charge in [-0.2, -0.15) is 0 Å². The average Bonchev–Trinajstić information content (AvgIpc) is 2.76. The Kier molecular flexibility index (Phi) is 9.56. The summed E-state index contributed by atoms with van der Waals surface area (Å²) in [6.45, 7) is 7.25. The number of hydrogen-bond acceptors (Lipinski definition) is 4. The lowest BCUT2D eigenvalue weighted by Crippen LogP contribution is -3.00. The fourth-order valence-electron chi connectivity index (χ4n) is 3.97. The predicted octanol–water partition coefficient (Wildman–Crippen LogP) is 2.78. The summed E-state index contributed by atoms with van der Waals surface area (Å²) >= 11 is 0. The van der Waals surface area contributed by atoms with E-state index in [2.05, 4.69) is 52.0 Å². The van der Waals surface area contributed by atoms with Gasteiger partial charge in [0.25, 0.3) is 0 Å². The minimum Gasteiger partial charge on any atom is -1.00 e. The number of benzene rings is 2. The predicted molar refractivity (Wildman–Crippen MR) is 133 cm³/mol. The van der Waals surface area contributed by atoms with Crippen molar-refractivity contribution < 1.29 is 31.0 Å². The molecule has 0 saturated carbocycles. The van der Waals surface area contributed by atoms with Crippen molar-refractivity contribution >= 4 is 16.7 Å². The van der Waals surface area contributed by atoms with E-state index in [1.54, 1.807) is 0 Å². The van der Waals surface area contributed by atoms with E-state index < -0.39 is 0 Å². The monoisotopic (exact) mass is 516 g/mol. The molecular formula is C27H37BrN2O3. The van der Waals surface area contributed by atoms with Gasteiger partial charge in [-0.25, -0.2) is 0 Å². The van der Waals surface area contributed by atoms with E-state index in [9.17, 15) is 9.90 Å². The molecule has 3 aromatic rings. The number of hydrogen-bond donors (Lipinski definition) is 1.